The molecule has 2 heterocycles. The van der Waals surface area contributed by atoms with Crippen LogP contribution in [-0.2, 0) is 0 Å². The third-order valence-electron chi connectivity index (χ3n) is 9.36. The van der Waals surface area contributed by atoms with Crippen LogP contribution in [0, 0.1) is 0 Å². The predicted molar refractivity (Wildman–Crippen MR) is 192 cm³/mol. The fraction of sp³-hybridized carbons (Fsp3) is 0. The number of thiophene rings is 1. The summed E-state index contributed by atoms with van der Waals surface area (Å²) in [6, 6.07) is 55.9. The van der Waals surface area contributed by atoms with Crippen LogP contribution in [0.3, 0.4) is 0 Å². The van der Waals surface area contributed by atoms with Crippen molar-refractivity contribution in [1.82, 2.24) is 4.57 Å². The Morgan fingerprint density at radius 1 is 0.364 bits per heavy atom. The first-order valence-electron chi connectivity index (χ1n) is 15.1. The van der Waals surface area contributed by atoms with Crippen molar-refractivity contribution < 1.29 is 0 Å². The summed E-state index contributed by atoms with van der Waals surface area (Å²) in [4.78, 5) is 0. The number of para-hydroxylation sites is 1. The molecule has 44 heavy (non-hydrogen) atoms. The Kier molecular flexibility index (Phi) is 4.94. The van der Waals surface area contributed by atoms with Crippen molar-refractivity contribution in [2.24, 2.45) is 0 Å². The zero-order valence-corrected chi connectivity index (χ0v) is 24.6. The molecule has 8 aromatic carbocycles. The van der Waals surface area contributed by atoms with E-state index in [9.17, 15) is 0 Å². The minimum atomic E-state index is 1.19. The minimum absolute atomic E-state index is 1.19. The largest absolute Gasteiger partial charge is 0.309 e. The molecule has 0 saturated heterocycles. The van der Waals surface area contributed by atoms with E-state index in [1.807, 2.05) is 11.3 Å². The number of nitrogens with zero attached hydrogens (tertiary/aromatic N) is 1. The van der Waals surface area contributed by atoms with Crippen molar-refractivity contribution >= 4 is 85.6 Å². The summed E-state index contributed by atoms with van der Waals surface area (Å²) in [6.07, 6.45) is 0. The third kappa shape index (κ3) is 3.29. The van der Waals surface area contributed by atoms with Gasteiger partial charge in [0.25, 0.3) is 0 Å². The lowest BCUT2D eigenvalue weighted by Gasteiger charge is -2.12. The average molecular weight is 576 g/mol. The topological polar surface area (TPSA) is 4.93 Å². The highest BCUT2D eigenvalue weighted by molar-refractivity contribution is 7.26. The van der Waals surface area contributed by atoms with Gasteiger partial charge in [-0.25, -0.2) is 0 Å². The van der Waals surface area contributed by atoms with Gasteiger partial charge >= 0.3 is 0 Å². The second-order valence-corrected chi connectivity index (χ2v) is 12.8. The summed E-state index contributed by atoms with van der Waals surface area (Å²) in [5.74, 6) is 0. The fourth-order valence-electron chi connectivity index (χ4n) is 7.43. The van der Waals surface area contributed by atoms with Crippen LogP contribution in [0.4, 0.5) is 0 Å². The monoisotopic (exact) mass is 575 g/mol. The highest BCUT2D eigenvalue weighted by atomic mass is 32.1. The Balaban J connectivity index is 1.29. The highest BCUT2D eigenvalue weighted by Crippen LogP contribution is 2.44. The van der Waals surface area contributed by atoms with Crippen molar-refractivity contribution in [2.75, 3.05) is 0 Å². The van der Waals surface area contributed by atoms with E-state index in [1.54, 1.807) is 0 Å². The number of hydrogen-bond donors (Lipinski definition) is 0. The number of benzene rings is 8. The van der Waals surface area contributed by atoms with Crippen molar-refractivity contribution in [3.05, 3.63) is 152 Å². The smallest absolute Gasteiger partial charge is 0.0634 e. The van der Waals surface area contributed by atoms with Gasteiger partial charge < -0.3 is 4.57 Å². The van der Waals surface area contributed by atoms with Crippen LogP contribution in [0.2, 0.25) is 0 Å². The Morgan fingerprint density at radius 3 is 1.64 bits per heavy atom. The maximum absolute atomic E-state index is 2.47. The van der Waals surface area contributed by atoms with Crippen molar-refractivity contribution in [2.45, 2.75) is 0 Å². The summed E-state index contributed by atoms with van der Waals surface area (Å²) in [5, 5.41) is 13.1. The van der Waals surface area contributed by atoms with Crippen LogP contribution in [0.15, 0.2) is 152 Å². The van der Waals surface area contributed by atoms with Gasteiger partial charge in [0.1, 0.15) is 0 Å². The van der Waals surface area contributed by atoms with Crippen LogP contribution in [-0.4, -0.2) is 4.57 Å². The summed E-state index contributed by atoms with van der Waals surface area (Å²) in [5.41, 5.74) is 6.18. The molecule has 0 amide bonds. The van der Waals surface area contributed by atoms with Crippen molar-refractivity contribution in [3.8, 4) is 16.8 Å². The molecule has 0 saturated carbocycles. The van der Waals surface area contributed by atoms with Gasteiger partial charge in [-0.3, -0.25) is 0 Å². The molecule has 0 atom stereocenters. The van der Waals surface area contributed by atoms with Crippen LogP contribution in [0.5, 0.6) is 0 Å². The zero-order valence-electron chi connectivity index (χ0n) is 23.8. The van der Waals surface area contributed by atoms with Gasteiger partial charge in [0.2, 0.25) is 0 Å². The van der Waals surface area contributed by atoms with Gasteiger partial charge in [-0.05, 0) is 85.9 Å². The lowest BCUT2D eigenvalue weighted by atomic mass is 9.92. The summed E-state index contributed by atoms with van der Waals surface area (Å²) in [6.45, 7) is 0. The van der Waals surface area contributed by atoms with Gasteiger partial charge in [0.05, 0.1) is 11.0 Å². The van der Waals surface area contributed by atoms with Crippen LogP contribution in [0.25, 0.3) is 91.1 Å². The number of aromatic nitrogens is 1. The molecular formula is C42H25NS. The predicted octanol–water partition coefficient (Wildman–Crippen LogP) is 12.3. The second kappa shape index (κ2) is 9.03. The van der Waals surface area contributed by atoms with Crippen LogP contribution in [0.1, 0.15) is 0 Å². The average Bonchev–Trinajstić information content (AvgIpc) is 3.64. The lowest BCUT2D eigenvalue weighted by molar-refractivity contribution is 1.19. The van der Waals surface area contributed by atoms with E-state index in [4.69, 9.17) is 0 Å². The van der Waals surface area contributed by atoms with Crippen LogP contribution < -0.4 is 0 Å². The van der Waals surface area contributed by atoms with E-state index in [1.165, 1.54) is 91.1 Å². The fourth-order valence-corrected chi connectivity index (χ4v) is 8.54. The number of fused-ring (bicyclic) bond motifs is 13. The van der Waals surface area contributed by atoms with Gasteiger partial charge in [0.15, 0.2) is 0 Å². The molecule has 0 fully saturated rings. The first-order chi connectivity index (χ1) is 21.8. The third-order valence-corrected chi connectivity index (χ3v) is 10.5. The van der Waals surface area contributed by atoms with E-state index in [-0.39, 0.29) is 0 Å². The standard InChI is InChI=1S/C42H25NS/c1-2-10-28(11-3-1)43-38-22-19-27(25-37(38)34-21-23-40-41(42(34)43)35-16-8-9-17-39(35)44-40)26-18-20-33-31-14-5-4-12-29(31)30-13-6-7-15-32(30)36(33)24-26/h1-25H. The van der Waals surface area contributed by atoms with Gasteiger partial charge in [0, 0.05) is 36.6 Å². The molecule has 0 bridgehead atoms. The van der Waals surface area contributed by atoms with E-state index in [2.05, 4.69) is 156 Å². The molecule has 0 N–H and O–H groups in total. The van der Waals surface area contributed by atoms with Gasteiger partial charge in [-0.1, -0.05) is 109 Å². The quantitative estimate of drug-likeness (QED) is 0.181. The summed E-state index contributed by atoms with van der Waals surface area (Å²) < 4.78 is 5.12. The molecule has 0 aliphatic heterocycles. The maximum Gasteiger partial charge on any atom is 0.0634 e. The van der Waals surface area contributed by atoms with E-state index >= 15 is 0 Å². The molecule has 0 spiro atoms. The SMILES string of the molecule is c1ccc(-n2c3ccc(-c4ccc5c6ccccc6c6ccccc6c5c4)cc3c3ccc4sc5ccccc5c4c32)cc1. The lowest BCUT2D eigenvalue weighted by Crippen LogP contribution is -1.93. The van der Waals surface area contributed by atoms with E-state index in [0.717, 1.165) is 0 Å². The molecule has 0 aliphatic carbocycles. The minimum Gasteiger partial charge on any atom is -0.309 e. The Labute approximate surface area is 257 Å². The molecule has 0 unspecified atom stereocenters. The van der Waals surface area contributed by atoms with E-state index in [0.29, 0.717) is 0 Å². The van der Waals surface area contributed by atoms with Crippen LogP contribution >= 0.6 is 11.3 Å². The molecule has 1 nitrogen and oxygen atoms in total. The Morgan fingerprint density at radius 2 is 0.909 bits per heavy atom. The number of hydrogen-bond acceptors (Lipinski definition) is 1. The molecule has 0 aliphatic rings. The first kappa shape index (κ1) is 24.0. The molecular weight excluding hydrogens is 551 g/mol. The molecule has 10 aromatic rings. The molecule has 10 rings (SSSR count). The summed E-state index contributed by atoms with van der Waals surface area (Å²) >= 11 is 1.88. The first-order valence-corrected chi connectivity index (χ1v) is 15.9. The Hall–Kier alpha value is -5.44. The maximum atomic E-state index is 2.47. The highest BCUT2D eigenvalue weighted by Gasteiger charge is 2.19. The van der Waals surface area contributed by atoms with Crippen molar-refractivity contribution in [3.63, 3.8) is 0 Å². The molecule has 2 aromatic heterocycles. The molecule has 0 radical (unpaired) electrons. The van der Waals surface area contributed by atoms with Crippen molar-refractivity contribution in [1.29, 1.82) is 0 Å². The molecule has 2 heteroatoms. The second-order valence-electron chi connectivity index (χ2n) is 11.7. The number of rotatable bonds is 2. The van der Waals surface area contributed by atoms with Gasteiger partial charge in [-0.2, -0.15) is 0 Å². The Bertz CT molecular complexity index is 2730. The zero-order chi connectivity index (χ0) is 28.8. The van der Waals surface area contributed by atoms with E-state index < -0.39 is 0 Å². The molecule has 204 valence electrons. The summed E-state index contributed by atoms with van der Waals surface area (Å²) in [7, 11) is 0. The van der Waals surface area contributed by atoms with Gasteiger partial charge in [-0.15, -0.1) is 11.3 Å². The normalized spacial score (nSPS) is 12.1.